The zero-order valence-electron chi connectivity index (χ0n) is 13.1. The highest BCUT2D eigenvalue weighted by atomic mass is 32.2. The van der Waals surface area contributed by atoms with Crippen LogP contribution in [0.25, 0.3) is 0 Å². The van der Waals surface area contributed by atoms with Crippen molar-refractivity contribution in [1.82, 2.24) is 10.2 Å². The van der Waals surface area contributed by atoms with Gasteiger partial charge in [0.05, 0.1) is 0 Å². The van der Waals surface area contributed by atoms with Crippen LogP contribution in [-0.4, -0.2) is 36.8 Å². The second-order valence-corrected chi connectivity index (χ2v) is 6.96. The lowest BCUT2D eigenvalue weighted by atomic mass is 10.0. The molecular weight excluding hydrogens is 264 g/mol. The van der Waals surface area contributed by atoms with Gasteiger partial charge in [-0.15, -0.1) is 11.8 Å². The minimum Gasteiger partial charge on any atom is -0.317 e. The number of benzene rings is 1. The fraction of sp³-hybridized carbons (Fsp3) is 0.647. The first-order valence-electron chi connectivity index (χ1n) is 7.77. The van der Waals surface area contributed by atoms with Crippen molar-refractivity contribution in [3.63, 3.8) is 0 Å². The molecule has 1 aromatic rings. The molecule has 0 atom stereocenters. The van der Waals surface area contributed by atoms with Gasteiger partial charge in [-0.2, -0.15) is 0 Å². The Morgan fingerprint density at radius 1 is 1.25 bits per heavy atom. The largest absolute Gasteiger partial charge is 0.317 e. The highest BCUT2D eigenvalue weighted by molar-refractivity contribution is 7.98. The second-order valence-electron chi connectivity index (χ2n) is 6.12. The van der Waals surface area contributed by atoms with Crippen molar-refractivity contribution in [2.45, 2.75) is 44.2 Å². The third kappa shape index (κ3) is 4.51. The van der Waals surface area contributed by atoms with Crippen LogP contribution in [0.1, 0.15) is 32.3 Å². The van der Waals surface area contributed by atoms with Crippen LogP contribution < -0.4 is 5.32 Å². The van der Waals surface area contributed by atoms with Gasteiger partial charge >= 0.3 is 0 Å². The summed E-state index contributed by atoms with van der Waals surface area (Å²) in [7, 11) is 0. The topological polar surface area (TPSA) is 15.3 Å². The van der Waals surface area contributed by atoms with Gasteiger partial charge in [0.1, 0.15) is 0 Å². The van der Waals surface area contributed by atoms with Crippen molar-refractivity contribution in [1.29, 1.82) is 0 Å². The van der Waals surface area contributed by atoms with Gasteiger partial charge in [0.15, 0.2) is 0 Å². The lowest BCUT2D eigenvalue weighted by molar-refractivity contribution is 0.136. The van der Waals surface area contributed by atoms with E-state index in [4.69, 9.17) is 0 Å². The summed E-state index contributed by atoms with van der Waals surface area (Å²) in [5, 5.41) is 3.48. The quantitative estimate of drug-likeness (QED) is 0.806. The van der Waals surface area contributed by atoms with E-state index >= 15 is 0 Å². The second kappa shape index (κ2) is 8.06. The fourth-order valence-electron chi connectivity index (χ4n) is 3.04. The van der Waals surface area contributed by atoms with Gasteiger partial charge in [0.2, 0.25) is 0 Å². The van der Waals surface area contributed by atoms with Crippen molar-refractivity contribution < 1.29 is 0 Å². The molecule has 0 saturated carbocycles. The van der Waals surface area contributed by atoms with Gasteiger partial charge < -0.3 is 5.32 Å². The zero-order valence-corrected chi connectivity index (χ0v) is 13.9. The highest BCUT2D eigenvalue weighted by Gasteiger charge is 2.22. The van der Waals surface area contributed by atoms with Crippen LogP contribution in [0.5, 0.6) is 0 Å². The van der Waals surface area contributed by atoms with Gasteiger partial charge in [0.25, 0.3) is 0 Å². The monoisotopic (exact) mass is 292 g/mol. The summed E-state index contributed by atoms with van der Waals surface area (Å²) in [6.45, 7) is 9.29. The summed E-state index contributed by atoms with van der Waals surface area (Å²) in [5.74, 6) is 0.728. The van der Waals surface area contributed by atoms with Gasteiger partial charge in [-0.05, 0) is 49.7 Å². The molecule has 0 aromatic heterocycles. The molecule has 1 aromatic carbocycles. The molecule has 0 amide bonds. The van der Waals surface area contributed by atoms with Crippen LogP contribution >= 0.6 is 11.8 Å². The van der Waals surface area contributed by atoms with Crippen LogP contribution in [0, 0.1) is 5.92 Å². The summed E-state index contributed by atoms with van der Waals surface area (Å²) in [6, 6.07) is 9.60. The van der Waals surface area contributed by atoms with E-state index in [2.05, 4.69) is 54.6 Å². The third-order valence-electron chi connectivity index (χ3n) is 3.99. The van der Waals surface area contributed by atoms with Crippen molar-refractivity contribution in [2.75, 3.05) is 25.9 Å². The number of thioether (sulfide) groups is 1. The molecular formula is C17H28N2S. The Labute approximate surface area is 128 Å². The molecule has 1 aliphatic rings. The molecule has 3 heteroatoms. The predicted octanol–water partition coefficient (Wildman–Crippen LogP) is 3.62. The fourth-order valence-corrected chi connectivity index (χ4v) is 3.65. The number of rotatable bonds is 6. The molecule has 1 aliphatic heterocycles. The molecule has 1 N–H and O–H groups in total. The minimum atomic E-state index is 0.728. The number of nitrogens with zero attached hydrogens (tertiary/aromatic N) is 1. The minimum absolute atomic E-state index is 0.728. The molecule has 0 unspecified atom stereocenters. The maximum atomic E-state index is 3.48. The number of hydrogen-bond acceptors (Lipinski definition) is 3. The average Bonchev–Trinajstić information content (AvgIpc) is 2.47. The van der Waals surface area contributed by atoms with E-state index < -0.39 is 0 Å². The Morgan fingerprint density at radius 3 is 2.60 bits per heavy atom. The highest BCUT2D eigenvalue weighted by Crippen LogP contribution is 2.24. The van der Waals surface area contributed by atoms with E-state index in [-0.39, 0.29) is 0 Å². The van der Waals surface area contributed by atoms with Crippen LogP contribution in [0.4, 0.5) is 0 Å². The van der Waals surface area contributed by atoms with Crippen molar-refractivity contribution in [3.05, 3.63) is 29.8 Å². The number of piperidine rings is 1. The summed E-state index contributed by atoms with van der Waals surface area (Å²) in [5.41, 5.74) is 1.49. The third-order valence-corrected chi connectivity index (χ3v) is 4.83. The SMILES string of the molecule is CSc1ccccc1CN(CC(C)C)C1CCNCC1. The Morgan fingerprint density at radius 2 is 1.95 bits per heavy atom. The maximum absolute atomic E-state index is 3.48. The molecule has 2 rings (SSSR count). The van der Waals surface area contributed by atoms with Crippen LogP contribution in [0.2, 0.25) is 0 Å². The van der Waals surface area contributed by atoms with E-state index in [9.17, 15) is 0 Å². The Bertz CT molecular complexity index is 400. The van der Waals surface area contributed by atoms with E-state index in [1.165, 1.54) is 42.9 Å². The van der Waals surface area contributed by atoms with E-state index in [1.807, 2.05) is 11.8 Å². The maximum Gasteiger partial charge on any atom is 0.0247 e. The van der Waals surface area contributed by atoms with E-state index in [1.54, 1.807) is 0 Å². The smallest absolute Gasteiger partial charge is 0.0247 e. The molecule has 0 spiro atoms. The Kier molecular flexibility index (Phi) is 6.40. The lowest BCUT2D eigenvalue weighted by Gasteiger charge is -2.36. The molecule has 0 aliphatic carbocycles. The van der Waals surface area contributed by atoms with Crippen LogP contribution in [0.3, 0.4) is 0 Å². The summed E-state index contributed by atoms with van der Waals surface area (Å²) in [6.07, 6.45) is 4.75. The van der Waals surface area contributed by atoms with Crippen molar-refractivity contribution >= 4 is 11.8 Å². The lowest BCUT2D eigenvalue weighted by Crippen LogP contribution is -2.44. The number of hydrogen-bond donors (Lipinski definition) is 1. The first-order valence-corrected chi connectivity index (χ1v) is 9.00. The van der Waals surface area contributed by atoms with Crippen molar-refractivity contribution in [2.24, 2.45) is 5.92 Å². The molecule has 0 radical (unpaired) electrons. The van der Waals surface area contributed by atoms with Gasteiger partial charge in [-0.25, -0.2) is 0 Å². The van der Waals surface area contributed by atoms with Crippen LogP contribution in [0.15, 0.2) is 29.2 Å². The molecule has 2 nitrogen and oxygen atoms in total. The normalized spacial score (nSPS) is 17.1. The zero-order chi connectivity index (χ0) is 14.4. The summed E-state index contributed by atoms with van der Waals surface area (Å²) in [4.78, 5) is 4.13. The summed E-state index contributed by atoms with van der Waals surface area (Å²) < 4.78 is 0. The molecule has 20 heavy (non-hydrogen) atoms. The van der Waals surface area contributed by atoms with Gasteiger partial charge in [0, 0.05) is 24.0 Å². The summed E-state index contributed by atoms with van der Waals surface area (Å²) >= 11 is 1.86. The molecule has 0 bridgehead atoms. The van der Waals surface area contributed by atoms with E-state index in [0.29, 0.717) is 0 Å². The van der Waals surface area contributed by atoms with Crippen molar-refractivity contribution in [3.8, 4) is 0 Å². The molecule has 1 saturated heterocycles. The predicted molar refractivity (Wildman–Crippen MR) is 89.4 cm³/mol. The number of nitrogens with one attached hydrogen (secondary N) is 1. The van der Waals surface area contributed by atoms with Gasteiger partial charge in [-0.3, -0.25) is 4.90 Å². The van der Waals surface area contributed by atoms with Gasteiger partial charge in [-0.1, -0.05) is 32.0 Å². The van der Waals surface area contributed by atoms with E-state index in [0.717, 1.165) is 18.5 Å². The standard InChI is InChI=1S/C17H28N2S/c1-14(2)12-19(16-8-10-18-11-9-16)13-15-6-4-5-7-17(15)20-3/h4-7,14,16,18H,8-13H2,1-3H3. The Hall–Kier alpha value is -0.510. The molecule has 1 fully saturated rings. The first-order chi connectivity index (χ1) is 9.70. The average molecular weight is 292 g/mol. The molecule has 1 heterocycles. The first kappa shape index (κ1) is 15.9. The molecule has 112 valence electrons. The Balaban J connectivity index is 2.09. The van der Waals surface area contributed by atoms with Crippen LogP contribution in [-0.2, 0) is 6.54 Å².